The van der Waals surface area contributed by atoms with Crippen LogP contribution in [0.1, 0.15) is 36.1 Å². The molecule has 0 radical (unpaired) electrons. The van der Waals surface area contributed by atoms with Crippen LogP contribution in [0, 0.1) is 0 Å². The standard InChI is InChI=1S/C21H19Cl4N5O2S/c1-3-30-19(11(2)26-20(32)12-4-6-13(22)7-5-12)28-29-21(30)33-10-18(31)27-17-9-15(24)14(23)8-16(17)25/h4-9,11H,3,10H2,1-2H3,(H,26,32)(H,27,31)/t11-/m0/s1. The third-order valence-electron chi connectivity index (χ3n) is 4.52. The maximum absolute atomic E-state index is 12.5. The lowest BCUT2D eigenvalue weighted by Crippen LogP contribution is -2.28. The first kappa shape index (κ1) is 25.6. The Morgan fingerprint density at radius 3 is 2.36 bits per heavy atom. The molecule has 0 spiro atoms. The van der Waals surface area contributed by atoms with Gasteiger partial charge in [-0.3, -0.25) is 9.59 Å². The molecule has 0 bridgehead atoms. The Kier molecular flexibility index (Phi) is 8.89. The summed E-state index contributed by atoms with van der Waals surface area (Å²) in [5, 5.41) is 16.0. The molecule has 1 atom stereocenters. The molecule has 12 heteroatoms. The maximum atomic E-state index is 12.5. The summed E-state index contributed by atoms with van der Waals surface area (Å²) in [7, 11) is 0. The number of amides is 2. The van der Waals surface area contributed by atoms with Gasteiger partial charge in [-0.15, -0.1) is 10.2 Å². The highest BCUT2D eigenvalue weighted by molar-refractivity contribution is 7.99. The Bertz CT molecular complexity index is 1170. The molecule has 3 aromatic rings. The van der Waals surface area contributed by atoms with E-state index in [9.17, 15) is 9.59 Å². The molecule has 2 amide bonds. The Morgan fingerprint density at radius 1 is 1.03 bits per heavy atom. The van der Waals surface area contributed by atoms with Crippen LogP contribution in [0.3, 0.4) is 0 Å². The van der Waals surface area contributed by atoms with Crippen LogP contribution >= 0.6 is 58.2 Å². The average molecular weight is 547 g/mol. The number of thioether (sulfide) groups is 1. The number of hydrogen-bond acceptors (Lipinski definition) is 5. The Hall–Kier alpha value is -1.97. The summed E-state index contributed by atoms with van der Waals surface area (Å²) in [6.45, 7) is 4.31. The zero-order chi connectivity index (χ0) is 24.1. The van der Waals surface area contributed by atoms with Crippen molar-refractivity contribution in [3.05, 3.63) is 67.9 Å². The second-order valence-corrected chi connectivity index (χ2v) is 9.47. The normalized spacial score (nSPS) is 11.8. The van der Waals surface area contributed by atoms with Crippen LogP contribution in [-0.2, 0) is 11.3 Å². The number of anilines is 1. The molecule has 7 nitrogen and oxygen atoms in total. The molecule has 1 aromatic heterocycles. The van der Waals surface area contributed by atoms with Gasteiger partial charge in [-0.1, -0.05) is 58.2 Å². The number of carbonyl (C=O) groups excluding carboxylic acids is 2. The molecule has 0 saturated carbocycles. The predicted octanol–water partition coefficient (Wildman–Crippen LogP) is 6.13. The van der Waals surface area contributed by atoms with Crippen LogP contribution in [0.4, 0.5) is 5.69 Å². The van der Waals surface area contributed by atoms with E-state index in [2.05, 4.69) is 20.8 Å². The molecule has 0 saturated heterocycles. The lowest BCUT2D eigenvalue weighted by Gasteiger charge is -2.15. The van der Waals surface area contributed by atoms with Crippen molar-refractivity contribution in [3.63, 3.8) is 0 Å². The van der Waals surface area contributed by atoms with Crippen LogP contribution < -0.4 is 10.6 Å². The highest BCUT2D eigenvalue weighted by atomic mass is 35.5. The van der Waals surface area contributed by atoms with Gasteiger partial charge in [0.1, 0.15) is 0 Å². The van der Waals surface area contributed by atoms with Crippen molar-refractivity contribution in [2.24, 2.45) is 0 Å². The van der Waals surface area contributed by atoms with Crippen molar-refractivity contribution in [2.45, 2.75) is 31.6 Å². The molecular formula is C21H19Cl4N5O2S. The van der Waals surface area contributed by atoms with Gasteiger partial charge >= 0.3 is 0 Å². The van der Waals surface area contributed by atoms with E-state index in [0.29, 0.717) is 38.8 Å². The molecule has 0 aliphatic carbocycles. The summed E-state index contributed by atoms with van der Waals surface area (Å²) in [5.74, 6) is 0.101. The first-order valence-corrected chi connectivity index (χ1v) is 12.3. The largest absolute Gasteiger partial charge is 0.342 e. The van der Waals surface area contributed by atoms with E-state index in [-0.39, 0.29) is 27.6 Å². The summed E-state index contributed by atoms with van der Waals surface area (Å²) in [6.07, 6.45) is 0. The Labute approximate surface area is 215 Å². The van der Waals surface area contributed by atoms with E-state index < -0.39 is 6.04 Å². The minimum absolute atomic E-state index is 0.0697. The summed E-state index contributed by atoms with van der Waals surface area (Å²) in [6, 6.07) is 9.16. The minimum atomic E-state index is -0.404. The van der Waals surface area contributed by atoms with E-state index in [1.54, 1.807) is 24.3 Å². The van der Waals surface area contributed by atoms with Gasteiger partial charge in [-0.25, -0.2) is 0 Å². The summed E-state index contributed by atoms with van der Waals surface area (Å²) in [4.78, 5) is 24.9. The smallest absolute Gasteiger partial charge is 0.251 e. The lowest BCUT2D eigenvalue weighted by atomic mass is 10.2. The number of hydrogen-bond donors (Lipinski definition) is 2. The lowest BCUT2D eigenvalue weighted by molar-refractivity contribution is -0.113. The van der Waals surface area contributed by atoms with Gasteiger partial charge in [-0.2, -0.15) is 0 Å². The molecule has 1 heterocycles. The number of nitrogens with one attached hydrogen (secondary N) is 2. The fourth-order valence-corrected chi connectivity index (χ4v) is 4.43. The van der Waals surface area contributed by atoms with Crippen LogP contribution in [0.2, 0.25) is 20.1 Å². The second-order valence-electron chi connectivity index (χ2n) is 6.87. The number of benzene rings is 2. The number of aromatic nitrogens is 3. The first-order chi connectivity index (χ1) is 15.7. The quantitative estimate of drug-likeness (QED) is 0.262. The second kappa shape index (κ2) is 11.4. The first-order valence-electron chi connectivity index (χ1n) is 9.76. The minimum Gasteiger partial charge on any atom is -0.342 e. The van der Waals surface area contributed by atoms with E-state index >= 15 is 0 Å². The van der Waals surface area contributed by atoms with Crippen LogP contribution in [0.5, 0.6) is 0 Å². The molecule has 2 N–H and O–H groups in total. The van der Waals surface area contributed by atoms with Crippen molar-refractivity contribution >= 4 is 75.7 Å². The van der Waals surface area contributed by atoms with Gasteiger partial charge in [0.05, 0.1) is 32.5 Å². The van der Waals surface area contributed by atoms with Crippen molar-refractivity contribution < 1.29 is 9.59 Å². The maximum Gasteiger partial charge on any atom is 0.251 e. The number of nitrogens with zero attached hydrogens (tertiary/aromatic N) is 3. The number of halogens is 4. The summed E-state index contributed by atoms with van der Waals surface area (Å²) < 4.78 is 1.84. The fraction of sp³-hybridized carbons (Fsp3) is 0.238. The van der Waals surface area contributed by atoms with Crippen LogP contribution in [0.25, 0.3) is 0 Å². The molecule has 2 aromatic carbocycles. The Morgan fingerprint density at radius 2 is 1.70 bits per heavy atom. The van der Waals surface area contributed by atoms with Gasteiger partial charge in [0.25, 0.3) is 5.91 Å². The molecule has 33 heavy (non-hydrogen) atoms. The van der Waals surface area contributed by atoms with Gasteiger partial charge in [0, 0.05) is 17.1 Å². The van der Waals surface area contributed by atoms with Crippen molar-refractivity contribution in [1.82, 2.24) is 20.1 Å². The monoisotopic (exact) mass is 545 g/mol. The third-order valence-corrected chi connectivity index (χ3v) is 6.77. The van der Waals surface area contributed by atoms with Crippen molar-refractivity contribution in [3.8, 4) is 0 Å². The fourth-order valence-electron chi connectivity index (χ4n) is 2.90. The molecule has 3 rings (SSSR count). The van der Waals surface area contributed by atoms with Gasteiger partial charge in [-0.05, 0) is 50.2 Å². The average Bonchev–Trinajstić information content (AvgIpc) is 3.19. The zero-order valence-corrected chi connectivity index (χ0v) is 21.4. The van der Waals surface area contributed by atoms with Gasteiger partial charge in [0.15, 0.2) is 11.0 Å². The van der Waals surface area contributed by atoms with Gasteiger partial charge < -0.3 is 15.2 Å². The van der Waals surface area contributed by atoms with E-state index in [1.165, 1.54) is 23.9 Å². The zero-order valence-electron chi connectivity index (χ0n) is 17.5. The molecular weight excluding hydrogens is 528 g/mol. The summed E-state index contributed by atoms with van der Waals surface area (Å²) in [5.41, 5.74) is 0.855. The number of carbonyl (C=O) groups is 2. The van der Waals surface area contributed by atoms with E-state index in [4.69, 9.17) is 46.4 Å². The highest BCUT2D eigenvalue weighted by Crippen LogP contribution is 2.32. The molecule has 174 valence electrons. The number of rotatable bonds is 8. The SMILES string of the molecule is CCn1c(SCC(=O)Nc2cc(Cl)c(Cl)cc2Cl)nnc1[C@H](C)NC(=O)c1ccc(Cl)cc1. The third kappa shape index (κ3) is 6.55. The molecule has 0 aliphatic heterocycles. The molecule has 0 aliphatic rings. The summed E-state index contributed by atoms with van der Waals surface area (Å²) >= 11 is 25.1. The van der Waals surface area contributed by atoms with Crippen LogP contribution in [0.15, 0.2) is 41.6 Å². The van der Waals surface area contributed by atoms with E-state index in [0.717, 1.165) is 0 Å². The van der Waals surface area contributed by atoms with Crippen molar-refractivity contribution in [1.29, 1.82) is 0 Å². The highest BCUT2D eigenvalue weighted by Gasteiger charge is 2.20. The topological polar surface area (TPSA) is 88.9 Å². The van der Waals surface area contributed by atoms with Crippen LogP contribution in [-0.4, -0.2) is 32.3 Å². The molecule has 0 unspecified atom stereocenters. The van der Waals surface area contributed by atoms with Gasteiger partial charge in [0.2, 0.25) is 5.91 Å². The molecule has 0 fully saturated rings. The van der Waals surface area contributed by atoms with Crippen molar-refractivity contribution in [2.75, 3.05) is 11.1 Å². The van der Waals surface area contributed by atoms with E-state index in [1.807, 2.05) is 18.4 Å². The predicted molar refractivity (Wildman–Crippen MR) is 134 cm³/mol. The Balaban J connectivity index is 1.64.